The molecule has 3 aromatic rings. The highest BCUT2D eigenvalue weighted by atomic mass is 19.1. The lowest BCUT2D eigenvalue weighted by molar-refractivity contribution is -0.904. The van der Waals surface area contributed by atoms with Crippen LogP contribution >= 0.6 is 0 Å². The number of aliphatic hydroxyl groups is 1. The molecule has 3 N–H and O–H groups in total. The number of hydrogen-bond donors (Lipinski definition) is 3. The van der Waals surface area contributed by atoms with Crippen LogP contribution in [-0.4, -0.2) is 49.9 Å². The molecule has 1 aliphatic rings. The molecule has 0 unspecified atom stereocenters. The Morgan fingerprint density at radius 2 is 2.00 bits per heavy atom. The number of methoxy groups -OCH3 is 1. The molecule has 1 aliphatic heterocycles. The predicted octanol–water partition coefficient (Wildman–Crippen LogP) is 1.75. The van der Waals surface area contributed by atoms with Gasteiger partial charge in [-0.25, -0.2) is 4.39 Å². The number of aliphatic hydroxyl groups excluding tert-OH is 1. The third-order valence-corrected chi connectivity index (χ3v) is 5.43. The molecular formula is C21H25FN3O2+. The maximum Gasteiger partial charge on any atom is 0.146 e. The highest BCUT2D eigenvalue weighted by molar-refractivity contribution is 5.85. The van der Waals surface area contributed by atoms with E-state index in [1.807, 2.05) is 36.5 Å². The average Bonchev–Trinajstić information content (AvgIpc) is 3.12. The largest absolute Gasteiger partial charge is 0.497 e. The summed E-state index contributed by atoms with van der Waals surface area (Å²) in [5.74, 6) is 0.607. The van der Waals surface area contributed by atoms with Gasteiger partial charge in [-0.05, 0) is 30.3 Å². The van der Waals surface area contributed by atoms with E-state index in [1.165, 1.54) is 11.0 Å². The van der Waals surface area contributed by atoms with Gasteiger partial charge in [-0.15, -0.1) is 0 Å². The maximum atomic E-state index is 14.0. The minimum atomic E-state index is -0.555. The Labute approximate surface area is 158 Å². The molecule has 1 atom stereocenters. The van der Waals surface area contributed by atoms with Gasteiger partial charge >= 0.3 is 0 Å². The highest BCUT2D eigenvalue weighted by Gasteiger charge is 2.25. The summed E-state index contributed by atoms with van der Waals surface area (Å²) in [5, 5.41) is 11.8. The molecule has 0 spiro atoms. The zero-order chi connectivity index (χ0) is 18.8. The van der Waals surface area contributed by atoms with Crippen molar-refractivity contribution in [1.82, 2.24) is 4.98 Å². The molecule has 2 aromatic carbocycles. The van der Waals surface area contributed by atoms with Crippen LogP contribution in [0.5, 0.6) is 5.75 Å². The number of halogens is 1. The summed E-state index contributed by atoms with van der Waals surface area (Å²) in [6.45, 7) is 3.94. The lowest BCUT2D eigenvalue weighted by Gasteiger charge is -2.34. The zero-order valence-electron chi connectivity index (χ0n) is 15.4. The highest BCUT2D eigenvalue weighted by Crippen LogP contribution is 2.27. The van der Waals surface area contributed by atoms with E-state index in [-0.39, 0.29) is 5.82 Å². The first-order valence-electron chi connectivity index (χ1n) is 9.32. The number of para-hydroxylation sites is 1. The topological polar surface area (TPSA) is 52.9 Å². The Hall–Kier alpha value is -2.57. The number of anilines is 1. The fourth-order valence-corrected chi connectivity index (χ4v) is 3.88. The molecule has 5 nitrogen and oxygen atoms in total. The maximum absolute atomic E-state index is 14.0. The van der Waals surface area contributed by atoms with Crippen LogP contribution in [-0.2, 0) is 0 Å². The Balaban J connectivity index is 1.41. The first-order chi connectivity index (χ1) is 13.2. The van der Waals surface area contributed by atoms with Crippen molar-refractivity contribution in [3.63, 3.8) is 0 Å². The van der Waals surface area contributed by atoms with Gasteiger partial charge in [0.15, 0.2) is 0 Å². The van der Waals surface area contributed by atoms with E-state index in [0.717, 1.165) is 48.4 Å². The van der Waals surface area contributed by atoms with Gasteiger partial charge in [0.05, 0.1) is 39.0 Å². The second kappa shape index (κ2) is 7.58. The number of H-pyrrole nitrogens is 1. The molecular weight excluding hydrogens is 345 g/mol. The summed E-state index contributed by atoms with van der Waals surface area (Å²) < 4.78 is 19.3. The molecule has 1 fully saturated rings. The van der Waals surface area contributed by atoms with Crippen molar-refractivity contribution >= 4 is 16.6 Å². The quantitative estimate of drug-likeness (QED) is 0.642. The Kier molecular flexibility index (Phi) is 5.01. The van der Waals surface area contributed by atoms with Crippen molar-refractivity contribution in [2.75, 3.05) is 44.7 Å². The fourth-order valence-electron chi connectivity index (χ4n) is 3.88. The molecule has 27 heavy (non-hydrogen) atoms. The third-order valence-electron chi connectivity index (χ3n) is 5.43. The standard InChI is InChI=1S/C21H24FN3O2/c1-27-15-6-7-19-16(12-15)17(13-23-19)21(26)14-24-8-10-25(11-9-24)20-5-3-2-4-18(20)22/h2-7,12-13,21,23,26H,8-11,14H2,1H3/p+1/t21-/m0/s1. The molecule has 142 valence electrons. The number of rotatable bonds is 5. The van der Waals surface area contributed by atoms with Crippen LogP contribution in [0.4, 0.5) is 10.1 Å². The molecule has 1 aromatic heterocycles. The minimum absolute atomic E-state index is 0.172. The Bertz CT molecular complexity index is 919. The van der Waals surface area contributed by atoms with E-state index in [4.69, 9.17) is 4.74 Å². The van der Waals surface area contributed by atoms with Crippen LogP contribution in [0.1, 0.15) is 11.7 Å². The Morgan fingerprint density at radius 1 is 1.22 bits per heavy atom. The van der Waals surface area contributed by atoms with Gasteiger partial charge < -0.3 is 24.6 Å². The molecule has 1 saturated heterocycles. The molecule has 0 radical (unpaired) electrons. The monoisotopic (exact) mass is 370 g/mol. The van der Waals surface area contributed by atoms with Crippen LogP contribution < -0.4 is 14.5 Å². The molecule has 6 heteroatoms. The minimum Gasteiger partial charge on any atom is -0.497 e. The number of fused-ring (bicyclic) bond motifs is 1. The van der Waals surface area contributed by atoms with E-state index in [1.54, 1.807) is 13.2 Å². The molecule has 4 rings (SSSR count). The number of nitrogens with one attached hydrogen (secondary N) is 2. The second-order valence-electron chi connectivity index (χ2n) is 7.06. The summed E-state index contributed by atoms with van der Waals surface area (Å²) in [6, 6.07) is 12.7. The number of aromatic nitrogens is 1. The average molecular weight is 370 g/mol. The third kappa shape index (κ3) is 3.63. The number of nitrogens with zero attached hydrogens (tertiary/aromatic N) is 1. The van der Waals surface area contributed by atoms with Crippen molar-refractivity contribution in [2.45, 2.75) is 6.10 Å². The summed E-state index contributed by atoms with van der Waals surface area (Å²) in [4.78, 5) is 6.63. The number of quaternary nitrogens is 1. The van der Waals surface area contributed by atoms with Gasteiger partial charge in [-0.2, -0.15) is 0 Å². The van der Waals surface area contributed by atoms with Gasteiger partial charge in [0.1, 0.15) is 24.2 Å². The number of ether oxygens (including phenoxy) is 1. The van der Waals surface area contributed by atoms with Crippen LogP contribution in [0.15, 0.2) is 48.7 Å². The van der Waals surface area contributed by atoms with Crippen LogP contribution in [0, 0.1) is 5.82 Å². The summed E-state index contributed by atoms with van der Waals surface area (Å²) in [6.07, 6.45) is 1.32. The second-order valence-corrected chi connectivity index (χ2v) is 7.06. The summed E-state index contributed by atoms with van der Waals surface area (Å²) >= 11 is 0. The van der Waals surface area contributed by atoms with Crippen LogP contribution in [0.3, 0.4) is 0 Å². The van der Waals surface area contributed by atoms with Crippen molar-refractivity contribution in [1.29, 1.82) is 0 Å². The smallest absolute Gasteiger partial charge is 0.146 e. The summed E-state index contributed by atoms with van der Waals surface area (Å²) in [7, 11) is 1.64. The van der Waals surface area contributed by atoms with Gasteiger partial charge in [0.25, 0.3) is 0 Å². The van der Waals surface area contributed by atoms with E-state index in [0.29, 0.717) is 12.2 Å². The molecule has 2 heterocycles. The van der Waals surface area contributed by atoms with Gasteiger partial charge in [0, 0.05) is 22.7 Å². The number of benzene rings is 2. The van der Waals surface area contributed by atoms with Crippen molar-refractivity contribution < 1.29 is 19.1 Å². The molecule has 0 aliphatic carbocycles. The van der Waals surface area contributed by atoms with Crippen molar-refractivity contribution in [2.24, 2.45) is 0 Å². The number of aromatic amines is 1. The van der Waals surface area contributed by atoms with E-state index in [2.05, 4.69) is 9.88 Å². The molecule has 0 saturated carbocycles. The fraction of sp³-hybridized carbons (Fsp3) is 0.333. The summed E-state index contributed by atoms with van der Waals surface area (Å²) in [5.41, 5.74) is 2.55. The zero-order valence-corrected chi connectivity index (χ0v) is 15.4. The van der Waals surface area contributed by atoms with Gasteiger partial charge in [-0.3, -0.25) is 0 Å². The lowest BCUT2D eigenvalue weighted by Crippen LogP contribution is -3.15. The van der Waals surface area contributed by atoms with E-state index >= 15 is 0 Å². The van der Waals surface area contributed by atoms with Crippen molar-refractivity contribution in [3.8, 4) is 5.75 Å². The molecule has 0 amide bonds. The Morgan fingerprint density at radius 3 is 2.74 bits per heavy atom. The molecule has 0 bridgehead atoms. The first-order valence-corrected chi connectivity index (χ1v) is 9.32. The number of hydrogen-bond acceptors (Lipinski definition) is 3. The van der Waals surface area contributed by atoms with E-state index < -0.39 is 6.10 Å². The number of piperazine rings is 1. The normalized spacial score (nSPS) is 16.6. The van der Waals surface area contributed by atoms with Crippen molar-refractivity contribution in [3.05, 3.63) is 60.0 Å². The lowest BCUT2D eigenvalue weighted by atomic mass is 10.1. The van der Waals surface area contributed by atoms with E-state index in [9.17, 15) is 9.50 Å². The SMILES string of the molecule is COc1ccc2[nH]cc([C@@H](O)C[NH+]3CCN(c4ccccc4F)CC3)c2c1. The van der Waals surface area contributed by atoms with Gasteiger partial charge in [0.2, 0.25) is 0 Å². The first kappa shape index (κ1) is 17.8. The predicted molar refractivity (Wildman–Crippen MR) is 104 cm³/mol. The van der Waals surface area contributed by atoms with Crippen LogP contribution in [0.2, 0.25) is 0 Å². The van der Waals surface area contributed by atoms with Crippen LogP contribution in [0.25, 0.3) is 10.9 Å². The van der Waals surface area contributed by atoms with Gasteiger partial charge in [-0.1, -0.05) is 12.1 Å².